The fraction of sp³-hybridized carbons (Fsp3) is 0.455. The van der Waals surface area contributed by atoms with E-state index >= 15 is 0 Å². The molecular weight excluding hydrogens is 165 g/mol. The van der Waals surface area contributed by atoms with Crippen LogP contribution in [0.3, 0.4) is 0 Å². The molecule has 0 spiro atoms. The maximum Gasteiger partial charge on any atom is 0.124 e. The quantitative estimate of drug-likeness (QED) is 0.746. The molecule has 1 unspecified atom stereocenters. The number of rotatable bonds is 2. The van der Waals surface area contributed by atoms with Gasteiger partial charge in [0.25, 0.3) is 0 Å². The molecule has 1 nitrogen and oxygen atoms in total. The van der Waals surface area contributed by atoms with Gasteiger partial charge in [0.2, 0.25) is 0 Å². The zero-order chi connectivity index (χ0) is 10.1. The largest absolute Gasteiger partial charge is 0.321 e. The maximum absolute atomic E-state index is 13.5. The van der Waals surface area contributed by atoms with Gasteiger partial charge < -0.3 is 5.73 Å². The molecule has 72 valence electrons. The van der Waals surface area contributed by atoms with Crippen molar-refractivity contribution < 1.29 is 4.39 Å². The molecule has 13 heavy (non-hydrogen) atoms. The molecule has 0 heterocycles. The number of benzene rings is 1. The highest BCUT2D eigenvalue weighted by Gasteiger charge is 2.26. The van der Waals surface area contributed by atoms with Crippen LogP contribution in [0.25, 0.3) is 0 Å². The Balaban J connectivity index is 2.96. The van der Waals surface area contributed by atoms with Crippen molar-refractivity contribution in [2.45, 2.75) is 32.5 Å². The minimum absolute atomic E-state index is 0.549. The fourth-order valence-corrected chi connectivity index (χ4v) is 1.26. The molecule has 0 saturated carbocycles. The van der Waals surface area contributed by atoms with Crippen LogP contribution >= 0.6 is 0 Å². The van der Waals surface area contributed by atoms with Gasteiger partial charge >= 0.3 is 0 Å². The Morgan fingerprint density at radius 1 is 1.38 bits per heavy atom. The van der Waals surface area contributed by atoms with Crippen LogP contribution in [-0.2, 0) is 0 Å². The highest BCUT2D eigenvalue weighted by Crippen LogP contribution is 2.26. The van der Waals surface area contributed by atoms with Crippen molar-refractivity contribution in [1.82, 2.24) is 0 Å². The summed E-state index contributed by atoms with van der Waals surface area (Å²) in [4.78, 5) is 0. The maximum atomic E-state index is 13.5. The molecular formula is C11H16FN. The zero-order valence-electron chi connectivity index (χ0n) is 8.34. The number of hydrogen-bond acceptors (Lipinski definition) is 1. The second-order valence-corrected chi connectivity index (χ2v) is 3.96. The molecule has 1 rings (SSSR count). The Morgan fingerprint density at radius 2 is 2.00 bits per heavy atom. The Morgan fingerprint density at radius 3 is 2.46 bits per heavy atom. The second kappa shape index (κ2) is 3.46. The summed E-state index contributed by atoms with van der Waals surface area (Å²) in [5.74, 6) is 0. The van der Waals surface area contributed by atoms with E-state index in [4.69, 9.17) is 5.73 Å². The van der Waals surface area contributed by atoms with E-state index in [1.807, 2.05) is 31.2 Å². The first kappa shape index (κ1) is 10.2. The van der Waals surface area contributed by atoms with Gasteiger partial charge in [-0.3, -0.25) is 0 Å². The van der Waals surface area contributed by atoms with Crippen LogP contribution < -0.4 is 5.73 Å². The summed E-state index contributed by atoms with van der Waals surface area (Å²) in [6.45, 7) is 4.97. The van der Waals surface area contributed by atoms with E-state index in [1.165, 1.54) is 13.8 Å². The lowest BCUT2D eigenvalue weighted by Gasteiger charge is -2.23. The molecule has 0 fully saturated rings. The van der Waals surface area contributed by atoms with Gasteiger partial charge in [-0.05, 0) is 26.3 Å². The summed E-state index contributed by atoms with van der Waals surface area (Å²) >= 11 is 0. The summed E-state index contributed by atoms with van der Waals surface area (Å²) in [7, 11) is 0. The van der Waals surface area contributed by atoms with Crippen LogP contribution in [0.2, 0.25) is 0 Å². The highest BCUT2D eigenvalue weighted by atomic mass is 19.1. The van der Waals surface area contributed by atoms with Crippen LogP contribution in [0.1, 0.15) is 31.0 Å². The van der Waals surface area contributed by atoms with Crippen LogP contribution in [0, 0.1) is 6.92 Å². The highest BCUT2D eigenvalue weighted by molar-refractivity contribution is 5.26. The normalized spacial score (nSPS) is 14.2. The van der Waals surface area contributed by atoms with Crippen LogP contribution in [-0.4, -0.2) is 5.67 Å². The molecule has 0 saturated heterocycles. The first-order valence-corrected chi connectivity index (χ1v) is 4.42. The van der Waals surface area contributed by atoms with E-state index in [-0.39, 0.29) is 0 Å². The number of aryl methyl sites for hydroxylation is 1. The van der Waals surface area contributed by atoms with Crippen molar-refractivity contribution in [3.63, 3.8) is 0 Å². The number of hydrogen-bond donors (Lipinski definition) is 1. The molecule has 2 N–H and O–H groups in total. The number of alkyl halides is 1. The van der Waals surface area contributed by atoms with Crippen molar-refractivity contribution >= 4 is 0 Å². The first-order chi connectivity index (χ1) is 5.91. The van der Waals surface area contributed by atoms with Crippen LogP contribution in [0.4, 0.5) is 4.39 Å². The molecule has 0 aliphatic rings. The number of halogens is 1. The predicted molar refractivity (Wildman–Crippen MR) is 53.3 cm³/mol. The third-order valence-electron chi connectivity index (χ3n) is 2.14. The van der Waals surface area contributed by atoms with Crippen molar-refractivity contribution in [2.24, 2.45) is 5.73 Å². The number of nitrogens with two attached hydrogens (primary N) is 1. The molecule has 1 aromatic carbocycles. The third-order valence-corrected chi connectivity index (χ3v) is 2.14. The fourth-order valence-electron chi connectivity index (χ4n) is 1.26. The van der Waals surface area contributed by atoms with Gasteiger partial charge in [-0.2, -0.15) is 0 Å². The lowest BCUT2D eigenvalue weighted by atomic mass is 9.93. The molecule has 1 atom stereocenters. The van der Waals surface area contributed by atoms with Crippen molar-refractivity contribution in [3.05, 3.63) is 35.4 Å². The van der Waals surface area contributed by atoms with Gasteiger partial charge in [0.05, 0.1) is 6.04 Å². The van der Waals surface area contributed by atoms with Gasteiger partial charge in [-0.1, -0.05) is 29.8 Å². The van der Waals surface area contributed by atoms with E-state index in [0.29, 0.717) is 0 Å². The summed E-state index contributed by atoms with van der Waals surface area (Å²) in [6.07, 6.45) is 0. The van der Waals surface area contributed by atoms with Gasteiger partial charge in [0, 0.05) is 0 Å². The smallest absolute Gasteiger partial charge is 0.124 e. The van der Waals surface area contributed by atoms with Crippen LogP contribution in [0.15, 0.2) is 24.3 Å². The van der Waals surface area contributed by atoms with Gasteiger partial charge in [-0.25, -0.2) is 4.39 Å². The lowest BCUT2D eigenvalue weighted by Crippen LogP contribution is -2.30. The average molecular weight is 181 g/mol. The van der Waals surface area contributed by atoms with Gasteiger partial charge in [0.15, 0.2) is 0 Å². The molecule has 0 bridgehead atoms. The minimum atomic E-state index is -1.37. The molecule has 0 aromatic heterocycles. The van der Waals surface area contributed by atoms with Gasteiger partial charge in [0.1, 0.15) is 5.67 Å². The molecule has 0 aliphatic heterocycles. The monoisotopic (exact) mass is 181 g/mol. The minimum Gasteiger partial charge on any atom is -0.321 e. The van der Waals surface area contributed by atoms with E-state index in [2.05, 4.69) is 0 Å². The third kappa shape index (κ3) is 2.52. The topological polar surface area (TPSA) is 26.0 Å². The average Bonchev–Trinajstić information content (AvgIpc) is 2.01. The Labute approximate surface area is 78.8 Å². The molecule has 2 heteroatoms. The van der Waals surface area contributed by atoms with Crippen molar-refractivity contribution in [2.75, 3.05) is 0 Å². The standard InChI is InChI=1S/C11H16FN/c1-8-5-4-6-9(7-8)10(13)11(2,3)12/h4-7,10H,13H2,1-3H3. The Kier molecular flexibility index (Phi) is 2.71. The molecule has 0 radical (unpaired) electrons. The lowest BCUT2D eigenvalue weighted by molar-refractivity contribution is 0.174. The summed E-state index contributed by atoms with van der Waals surface area (Å²) in [5, 5.41) is 0. The van der Waals surface area contributed by atoms with E-state index in [1.54, 1.807) is 0 Å². The Bertz CT molecular complexity index is 288. The first-order valence-electron chi connectivity index (χ1n) is 4.42. The summed E-state index contributed by atoms with van der Waals surface area (Å²) in [6, 6.07) is 7.11. The second-order valence-electron chi connectivity index (χ2n) is 3.96. The molecule has 0 amide bonds. The van der Waals surface area contributed by atoms with Crippen molar-refractivity contribution in [1.29, 1.82) is 0 Å². The van der Waals surface area contributed by atoms with Crippen LogP contribution in [0.5, 0.6) is 0 Å². The van der Waals surface area contributed by atoms with Crippen molar-refractivity contribution in [3.8, 4) is 0 Å². The molecule has 0 aliphatic carbocycles. The molecule has 1 aromatic rings. The predicted octanol–water partition coefficient (Wildman–Crippen LogP) is 2.74. The SMILES string of the molecule is Cc1cccc(C(N)C(C)(C)F)c1. The summed E-state index contributed by atoms with van der Waals surface area (Å²) < 4.78 is 13.5. The van der Waals surface area contributed by atoms with E-state index in [9.17, 15) is 4.39 Å². The van der Waals surface area contributed by atoms with E-state index < -0.39 is 11.7 Å². The zero-order valence-corrected chi connectivity index (χ0v) is 8.34. The van der Waals surface area contributed by atoms with E-state index in [0.717, 1.165) is 11.1 Å². The Hall–Kier alpha value is -0.890. The summed E-state index contributed by atoms with van der Waals surface area (Å²) in [5.41, 5.74) is 6.36. The van der Waals surface area contributed by atoms with Gasteiger partial charge in [-0.15, -0.1) is 0 Å².